The molecule has 0 unspecified atom stereocenters. The summed E-state index contributed by atoms with van der Waals surface area (Å²) in [6.45, 7) is 2.55. The van der Waals surface area contributed by atoms with Crippen molar-refractivity contribution >= 4 is 15.7 Å². The van der Waals surface area contributed by atoms with Crippen molar-refractivity contribution in [3.8, 4) is 0 Å². The van der Waals surface area contributed by atoms with E-state index in [1.165, 1.54) is 0 Å². The molecule has 0 saturated carbocycles. The normalized spacial score (nSPS) is 18.7. The van der Waals surface area contributed by atoms with E-state index in [1.54, 1.807) is 0 Å². The zero-order valence-electron chi connectivity index (χ0n) is 8.95. The number of hydrogen-bond donors (Lipinski definition) is 2. The molecular weight excluding hydrogens is 216 g/mol. The van der Waals surface area contributed by atoms with Gasteiger partial charge in [0.2, 0.25) is 5.91 Å². The number of carbonyl (C=O) groups is 1. The fourth-order valence-electron chi connectivity index (χ4n) is 1.63. The topological polar surface area (TPSA) is 75.3 Å². The fourth-order valence-corrected chi connectivity index (χ4v) is 2.21. The Bertz CT molecular complexity index is 307. The minimum atomic E-state index is -3.20. The highest BCUT2D eigenvalue weighted by Gasteiger charge is 2.15. The average Bonchev–Trinajstić information content (AvgIpc) is 2.14. The smallest absolute Gasteiger partial charge is 0.235 e. The van der Waals surface area contributed by atoms with Gasteiger partial charge in [-0.3, -0.25) is 4.79 Å². The summed E-state index contributed by atoms with van der Waals surface area (Å²) in [5.74, 6) is -0.316. The van der Waals surface area contributed by atoms with Gasteiger partial charge in [-0.2, -0.15) is 0 Å². The maximum atomic E-state index is 11.2. The van der Waals surface area contributed by atoms with E-state index in [9.17, 15) is 13.2 Å². The highest BCUT2D eigenvalue weighted by atomic mass is 32.2. The third-order valence-electron chi connectivity index (χ3n) is 2.44. The summed E-state index contributed by atoms with van der Waals surface area (Å²) in [7, 11) is -3.20. The monoisotopic (exact) mass is 234 g/mol. The van der Waals surface area contributed by atoms with Gasteiger partial charge in [0.05, 0.1) is 0 Å². The molecule has 0 spiro atoms. The van der Waals surface area contributed by atoms with Gasteiger partial charge in [0.25, 0.3) is 0 Å². The zero-order valence-corrected chi connectivity index (χ0v) is 9.77. The van der Waals surface area contributed by atoms with Crippen LogP contribution in [0.4, 0.5) is 0 Å². The quantitative estimate of drug-likeness (QED) is 0.664. The molecule has 0 aromatic carbocycles. The third kappa shape index (κ3) is 5.74. The Labute approximate surface area is 90.5 Å². The number of carbonyl (C=O) groups excluding carboxylic acids is 1. The fraction of sp³-hybridized carbons (Fsp3) is 0.889. The molecule has 0 radical (unpaired) electrons. The molecule has 1 amide bonds. The third-order valence-corrected chi connectivity index (χ3v) is 3.23. The van der Waals surface area contributed by atoms with Crippen molar-refractivity contribution in [3.05, 3.63) is 0 Å². The maximum Gasteiger partial charge on any atom is 0.235 e. The van der Waals surface area contributed by atoms with Crippen LogP contribution in [-0.2, 0) is 14.6 Å². The average molecular weight is 234 g/mol. The molecule has 0 bridgehead atoms. The molecule has 0 aliphatic carbocycles. The maximum absolute atomic E-state index is 11.2. The van der Waals surface area contributed by atoms with Gasteiger partial charge < -0.3 is 10.6 Å². The summed E-state index contributed by atoms with van der Waals surface area (Å²) in [5.41, 5.74) is 0. The standard InChI is InChI=1S/C9H18N2O3S/c1-15(13,14)7-9(12)11-6-8-2-4-10-5-3-8/h8,10H,2-7H2,1H3,(H,11,12). The highest BCUT2D eigenvalue weighted by molar-refractivity contribution is 7.91. The number of nitrogens with one attached hydrogen (secondary N) is 2. The van der Waals surface area contributed by atoms with Crippen LogP contribution in [0.25, 0.3) is 0 Å². The number of piperidine rings is 1. The molecule has 1 aliphatic rings. The molecule has 0 atom stereocenters. The second-order valence-electron chi connectivity index (χ2n) is 4.07. The lowest BCUT2D eigenvalue weighted by Gasteiger charge is -2.22. The molecule has 0 aromatic heterocycles. The van der Waals surface area contributed by atoms with Crippen LogP contribution in [0.3, 0.4) is 0 Å². The van der Waals surface area contributed by atoms with Crippen molar-refractivity contribution in [1.82, 2.24) is 10.6 Å². The van der Waals surface area contributed by atoms with Gasteiger partial charge in [-0.1, -0.05) is 0 Å². The summed E-state index contributed by atoms with van der Waals surface area (Å²) in [6.07, 6.45) is 3.15. The molecular formula is C9H18N2O3S. The largest absolute Gasteiger partial charge is 0.355 e. The lowest BCUT2D eigenvalue weighted by Crippen LogP contribution is -2.38. The van der Waals surface area contributed by atoms with E-state index >= 15 is 0 Å². The Hall–Kier alpha value is -0.620. The Balaban J connectivity index is 2.21. The highest BCUT2D eigenvalue weighted by Crippen LogP contribution is 2.09. The Morgan fingerprint density at radius 3 is 2.53 bits per heavy atom. The van der Waals surface area contributed by atoms with Crippen LogP contribution in [0.1, 0.15) is 12.8 Å². The molecule has 5 nitrogen and oxygen atoms in total. The van der Waals surface area contributed by atoms with Crippen molar-refractivity contribution in [2.45, 2.75) is 12.8 Å². The number of rotatable bonds is 4. The van der Waals surface area contributed by atoms with Crippen LogP contribution in [-0.4, -0.2) is 46.0 Å². The lowest BCUT2D eigenvalue weighted by molar-refractivity contribution is -0.118. The minimum absolute atomic E-state index is 0.393. The number of sulfone groups is 1. The molecule has 6 heteroatoms. The van der Waals surface area contributed by atoms with Gasteiger partial charge in [0.15, 0.2) is 9.84 Å². The molecule has 2 N–H and O–H groups in total. The zero-order chi connectivity index (χ0) is 11.3. The van der Waals surface area contributed by atoms with Crippen molar-refractivity contribution in [2.24, 2.45) is 5.92 Å². The van der Waals surface area contributed by atoms with Crippen LogP contribution >= 0.6 is 0 Å². The van der Waals surface area contributed by atoms with E-state index < -0.39 is 21.5 Å². The lowest BCUT2D eigenvalue weighted by atomic mass is 9.98. The van der Waals surface area contributed by atoms with Gasteiger partial charge in [0.1, 0.15) is 5.75 Å². The molecule has 1 heterocycles. The Kier molecular flexibility index (Phi) is 4.53. The predicted octanol–water partition coefficient (Wildman–Crippen LogP) is -0.853. The molecule has 1 aliphatic heterocycles. The first-order valence-corrected chi connectivity index (χ1v) is 7.18. The first-order valence-electron chi connectivity index (χ1n) is 5.12. The molecule has 1 saturated heterocycles. The van der Waals surface area contributed by atoms with Gasteiger partial charge in [-0.25, -0.2) is 8.42 Å². The van der Waals surface area contributed by atoms with Crippen molar-refractivity contribution in [3.63, 3.8) is 0 Å². The van der Waals surface area contributed by atoms with E-state index in [2.05, 4.69) is 10.6 Å². The molecule has 0 aromatic rings. The summed E-state index contributed by atoms with van der Waals surface area (Å²) in [4.78, 5) is 11.2. The second-order valence-corrected chi connectivity index (χ2v) is 6.21. The molecule has 15 heavy (non-hydrogen) atoms. The minimum Gasteiger partial charge on any atom is -0.355 e. The first kappa shape index (κ1) is 12.4. The van der Waals surface area contributed by atoms with Gasteiger partial charge in [0, 0.05) is 12.8 Å². The first-order chi connectivity index (χ1) is 6.97. The van der Waals surface area contributed by atoms with E-state index in [-0.39, 0.29) is 0 Å². The SMILES string of the molecule is CS(=O)(=O)CC(=O)NCC1CCNCC1. The van der Waals surface area contributed by atoms with Gasteiger partial charge in [-0.05, 0) is 31.8 Å². The summed E-state index contributed by atoms with van der Waals surface area (Å²) in [6, 6.07) is 0. The Morgan fingerprint density at radius 2 is 2.00 bits per heavy atom. The molecule has 88 valence electrons. The van der Waals surface area contributed by atoms with Crippen LogP contribution in [0.2, 0.25) is 0 Å². The Morgan fingerprint density at radius 1 is 1.40 bits per heavy atom. The van der Waals surface area contributed by atoms with Crippen LogP contribution < -0.4 is 10.6 Å². The van der Waals surface area contributed by atoms with Crippen molar-refractivity contribution in [1.29, 1.82) is 0 Å². The second kappa shape index (κ2) is 5.46. The summed E-state index contributed by atoms with van der Waals surface area (Å²) < 4.78 is 21.6. The van der Waals surface area contributed by atoms with Crippen molar-refractivity contribution in [2.75, 3.05) is 31.6 Å². The van der Waals surface area contributed by atoms with E-state index in [0.29, 0.717) is 12.5 Å². The van der Waals surface area contributed by atoms with Gasteiger partial charge >= 0.3 is 0 Å². The summed E-state index contributed by atoms with van der Waals surface area (Å²) in [5, 5.41) is 5.90. The van der Waals surface area contributed by atoms with Crippen LogP contribution in [0, 0.1) is 5.92 Å². The predicted molar refractivity (Wildman–Crippen MR) is 58.3 cm³/mol. The number of amides is 1. The van der Waals surface area contributed by atoms with Crippen LogP contribution in [0.15, 0.2) is 0 Å². The van der Waals surface area contributed by atoms with Gasteiger partial charge in [-0.15, -0.1) is 0 Å². The van der Waals surface area contributed by atoms with E-state index in [4.69, 9.17) is 0 Å². The molecule has 1 rings (SSSR count). The van der Waals surface area contributed by atoms with E-state index in [1.807, 2.05) is 0 Å². The van der Waals surface area contributed by atoms with E-state index in [0.717, 1.165) is 32.2 Å². The van der Waals surface area contributed by atoms with Crippen molar-refractivity contribution < 1.29 is 13.2 Å². The van der Waals surface area contributed by atoms with Crippen LogP contribution in [0.5, 0.6) is 0 Å². The number of hydrogen-bond acceptors (Lipinski definition) is 4. The summed E-state index contributed by atoms with van der Waals surface area (Å²) >= 11 is 0. The molecule has 1 fully saturated rings.